The Kier molecular flexibility index (Phi) is 5.94. The maximum absolute atomic E-state index is 12.3. The molecule has 0 spiro atoms. The maximum Gasteiger partial charge on any atom is 0.273 e. The molecule has 0 saturated carbocycles. The van der Waals surface area contributed by atoms with E-state index in [1.165, 1.54) is 12.3 Å². The molecule has 0 heterocycles. The smallest absolute Gasteiger partial charge is 0.273 e. The standard InChI is InChI=1S/C18H20N2O5/c1-3-5-12-6-7-16(21)15(8-12)19-11-13-9-14(20(23)24)10-17(18(13)22)25-4-2/h6-11,21-22H,3-5H2,1-2H3/p-1. The second-order valence-corrected chi connectivity index (χ2v) is 5.38. The van der Waals surface area contributed by atoms with Gasteiger partial charge in [-0.15, -0.1) is 0 Å². The van der Waals surface area contributed by atoms with Crippen molar-refractivity contribution in [3.63, 3.8) is 0 Å². The number of ether oxygens (including phenoxy) is 1. The molecule has 0 aliphatic heterocycles. The van der Waals surface area contributed by atoms with Gasteiger partial charge in [-0.1, -0.05) is 25.2 Å². The zero-order chi connectivity index (χ0) is 18.4. The Morgan fingerprint density at radius 3 is 2.68 bits per heavy atom. The fourth-order valence-corrected chi connectivity index (χ4v) is 2.33. The van der Waals surface area contributed by atoms with Crippen LogP contribution in [0.5, 0.6) is 17.2 Å². The molecule has 2 rings (SSSR count). The average Bonchev–Trinajstić information content (AvgIpc) is 2.58. The Balaban J connectivity index is 2.43. The number of nitro groups is 1. The number of phenolic OH excluding ortho intramolecular Hbond substituents is 1. The highest BCUT2D eigenvalue weighted by Crippen LogP contribution is 2.33. The Bertz CT molecular complexity index is 802. The van der Waals surface area contributed by atoms with E-state index in [4.69, 9.17) is 4.74 Å². The lowest BCUT2D eigenvalue weighted by Crippen LogP contribution is -2.04. The summed E-state index contributed by atoms with van der Waals surface area (Å²) in [6.07, 6.45) is 2.99. The van der Waals surface area contributed by atoms with Crippen molar-refractivity contribution in [2.45, 2.75) is 26.7 Å². The molecule has 0 amide bonds. The van der Waals surface area contributed by atoms with Gasteiger partial charge in [0, 0.05) is 12.3 Å². The molecule has 0 radical (unpaired) electrons. The van der Waals surface area contributed by atoms with E-state index in [0.717, 1.165) is 30.5 Å². The van der Waals surface area contributed by atoms with Gasteiger partial charge >= 0.3 is 0 Å². The Labute approximate surface area is 145 Å². The summed E-state index contributed by atoms with van der Waals surface area (Å²) in [6, 6.07) is 7.30. The first-order valence-corrected chi connectivity index (χ1v) is 7.94. The third-order valence-electron chi connectivity index (χ3n) is 3.50. The minimum absolute atomic E-state index is 0.0259. The first-order valence-electron chi connectivity index (χ1n) is 7.94. The predicted octanol–water partition coefficient (Wildman–Crippen LogP) is 3.48. The van der Waals surface area contributed by atoms with Gasteiger partial charge in [-0.2, -0.15) is 0 Å². The average molecular weight is 343 g/mol. The van der Waals surface area contributed by atoms with Crippen molar-refractivity contribution in [1.82, 2.24) is 0 Å². The van der Waals surface area contributed by atoms with Crippen molar-refractivity contribution < 1.29 is 19.9 Å². The van der Waals surface area contributed by atoms with Gasteiger partial charge in [-0.05, 0) is 36.6 Å². The van der Waals surface area contributed by atoms with Crippen molar-refractivity contribution in [2.75, 3.05) is 6.61 Å². The normalized spacial score (nSPS) is 11.0. The van der Waals surface area contributed by atoms with Crippen LogP contribution in [-0.2, 0) is 6.42 Å². The molecule has 7 heteroatoms. The summed E-state index contributed by atoms with van der Waals surface area (Å²) in [5.41, 5.74) is 1.07. The van der Waals surface area contributed by atoms with Gasteiger partial charge in [0.25, 0.3) is 5.69 Å². The molecule has 0 saturated heterocycles. The van der Waals surface area contributed by atoms with Crippen LogP contribution in [0.25, 0.3) is 0 Å². The molecule has 132 valence electrons. The minimum Gasteiger partial charge on any atom is -0.870 e. The van der Waals surface area contributed by atoms with Gasteiger partial charge in [0.15, 0.2) is 0 Å². The number of rotatable bonds is 7. The summed E-state index contributed by atoms with van der Waals surface area (Å²) in [6.45, 7) is 3.94. The molecule has 0 aliphatic rings. The lowest BCUT2D eigenvalue weighted by molar-refractivity contribution is -0.385. The predicted molar refractivity (Wildman–Crippen MR) is 93.1 cm³/mol. The summed E-state index contributed by atoms with van der Waals surface area (Å²) in [5, 5.41) is 33.2. The van der Waals surface area contributed by atoms with E-state index in [9.17, 15) is 20.3 Å². The third kappa shape index (κ3) is 4.47. The van der Waals surface area contributed by atoms with Gasteiger partial charge in [0.05, 0.1) is 17.6 Å². The molecule has 0 aromatic heterocycles. The molecule has 0 atom stereocenters. The number of benzene rings is 2. The molecule has 1 N–H and O–H groups in total. The second-order valence-electron chi connectivity index (χ2n) is 5.38. The van der Waals surface area contributed by atoms with Crippen LogP contribution < -0.4 is 9.84 Å². The van der Waals surface area contributed by atoms with Gasteiger partial charge in [-0.25, -0.2) is 0 Å². The fourth-order valence-electron chi connectivity index (χ4n) is 2.33. The SMILES string of the molecule is CCCc1ccc(O)c(N=Cc2cc([N+](=O)[O-])cc(OCC)c2[O-])c1. The lowest BCUT2D eigenvalue weighted by Gasteiger charge is -2.16. The summed E-state index contributed by atoms with van der Waals surface area (Å²) in [4.78, 5) is 14.6. The molecule has 2 aromatic carbocycles. The zero-order valence-corrected chi connectivity index (χ0v) is 14.1. The van der Waals surface area contributed by atoms with Crippen LogP contribution in [0.1, 0.15) is 31.4 Å². The lowest BCUT2D eigenvalue weighted by atomic mass is 10.1. The number of nitrogens with zero attached hydrogens (tertiary/aromatic N) is 2. The highest BCUT2D eigenvalue weighted by molar-refractivity contribution is 5.88. The van der Waals surface area contributed by atoms with Crippen LogP contribution in [-0.4, -0.2) is 22.9 Å². The number of phenols is 1. The summed E-state index contributed by atoms with van der Waals surface area (Å²) in [5.74, 6) is -0.610. The zero-order valence-electron chi connectivity index (χ0n) is 14.1. The summed E-state index contributed by atoms with van der Waals surface area (Å²) >= 11 is 0. The molecule has 0 bridgehead atoms. The van der Waals surface area contributed by atoms with E-state index < -0.39 is 10.7 Å². The Morgan fingerprint density at radius 1 is 1.28 bits per heavy atom. The Morgan fingerprint density at radius 2 is 2.04 bits per heavy atom. The van der Waals surface area contributed by atoms with Gasteiger partial charge in [0.2, 0.25) is 0 Å². The summed E-state index contributed by atoms with van der Waals surface area (Å²) in [7, 11) is 0. The highest BCUT2D eigenvalue weighted by atomic mass is 16.6. The maximum atomic E-state index is 12.3. The first-order chi connectivity index (χ1) is 12.0. The van der Waals surface area contributed by atoms with Crippen LogP contribution in [0.15, 0.2) is 35.3 Å². The van der Waals surface area contributed by atoms with E-state index in [1.54, 1.807) is 19.1 Å². The van der Waals surface area contributed by atoms with Gasteiger partial charge in [0.1, 0.15) is 17.2 Å². The number of non-ortho nitro benzene ring substituents is 1. The largest absolute Gasteiger partial charge is 0.870 e. The van der Waals surface area contributed by atoms with Crippen LogP contribution in [0.3, 0.4) is 0 Å². The molecular formula is C18H19N2O5-. The van der Waals surface area contributed by atoms with Crippen molar-refractivity contribution in [1.29, 1.82) is 0 Å². The molecular weight excluding hydrogens is 324 g/mol. The van der Waals surface area contributed by atoms with Crippen LogP contribution in [0.4, 0.5) is 11.4 Å². The number of hydrogen-bond donors (Lipinski definition) is 1. The van der Waals surface area contributed by atoms with Gasteiger partial charge < -0.3 is 14.9 Å². The first kappa shape index (κ1) is 18.3. The number of hydrogen-bond acceptors (Lipinski definition) is 6. The van der Waals surface area contributed by atoms with E-state index >= 15 is 0 Å². The number of nitro benzene ring substituents is 1. The van der Waals surface area contributed by atoms with Crippen LogP contribution >= 0.6 is 0 Å². The molecule has 2 aromatic rings. The second kappa shape index (κ2) is 8.14. The topological polar surface area (TPSA) is 108 Å². The molecule has 0 aliphatic carbocycles. The highest BCUT2D eigenvalue weighted by Gasteiger charge is 2.12. The number of aromatic hydroxyl groups is 1. The van der Waals surface area contributed by atoms with Gasteiger partial charge in [-0.3, -0.25) is 15.1 Å². The molecule has 0 fully saturated rings. The minimum atomic E-state index is -0.599. The van der Waals surface area contributed by atoms with Crippen molar-refractivity contribution in [2.24, 2.45) is 4.99 Å². The fraction of sp³-hybridized carbons (Fsp3) is 0.278. The van der Waals surface area contributed by atoms with Crippen LogP contribution in [0.2, 0.25) is 0 Å². The quantitative estimate of drug-likeness (QED) is 0.470. The van der Waals surface area contributed by atoms with E-state index in [0.29, 0.717) is 5.69 Å². The molecule has 7 nitrogen and oxygen atoms in total. The Hall–Kier alpha value is -3.09. The van der Waals surface area contributed by atoms with Crippen molar-refractivity contribution in [3.8, 4) is 17.2 Å². The molecule has 0 unspecified atom stereocenters. The van der Waals surface area contributed by atoms with Crippen LogP contribution in [0, 0.1) is 10.1 Å². The third-order valence-corrected chi connectivity index (χ3v) is 3.50. The van der Waals surface area contributed by atoms with E-state index in [2.05, 4.69) is 4.99 Å². The number of aliphatic imine (C=N–C) groups is 1. The monoisotopic (exact) mass is 343 g/mol. The van der Waals surface area contributed by atoms with Crippen molar-refractivity contribution in [3.05, 3.63) is 51.6 Å². The van der Waals surface area contributed by atoms with Crippen molar-refractivity contribution >= 4 is 17.6 Å². The molecule has 25 heavy (non-hydrogen) atoms. The van der Waals surface area contributed by atoms with E-state index in [-0.39, 0.29) is 29.4 Å². The number of aryl methyl sites for hydroxylation is 1. The van der Waals surface area contributed by atoms with E-state index in [1.807, 2.05) is 6.92 Å². The summed E-state index contributed by atoms with van der Waals surface area (Å²) < 4.78 is 5.17.